The van der Waals surface area contributed by atoms with E-state index < -0.39 is 0 Å². The summed E-state index contributed by atoms with van der Waals surface area (Å²) in [5.74, 6) is 0.371. The van der Waals surface area contributed by atoms with Gasteiger partial charge in [-0.25, -0.2) is 0 Å². The maximum absolute atomic E-state index is 12.0. The molecule has 0 aromatic heterocycles. The molecule has 0 amide bonds. The summed E-state index contributed by atoms with van der Waals surface area (Å²) in [4.78, 5) is 12.0. The van der Waals surface area contributed by atoms with Crippen LogP contribution in [0.15, 0.2) is 30.3 Å². The first-order valence-electron chi connectivity index (χ1n) is 6.05. The lowest BCUT2D eigenvalue weighted by atomic mass is 9.95. The molecule has 3 nitrogen and oxygen atoms in total. The minimum Gasteiger partial charge on any atom is -0.376 e. The van der Waals surface area contributed by atoms with Gasteiger partial charge in [0.1, 0.15) is 0 Å². The topological polar surface area (TPSA) is 35.5 Å². The highest BCUT2D eigenvalue weighted by Gasteiger charge is 2.23. The van der Waals surface area contributed by atoms with E-state index in [0.29, 0.717) is 26.2 Å². The molecule has 1 aromatic carbocycles. The van der Waals surface area contributed by atoms with Crippen molar-refractivity contribution in [1.29, 1.82) is 0 Å². The molecule has 3 heteroatoms. The fourth-order valence-electron chi connectivity index (χ4n) is 2.00. The molecule has 1 saturated heterocycles. The van der Waals surface area contributed by atoms with E-state index in [2.05, 4.69) is 0 Å². The van der Waals surface area contributed by atoms with E-state index in [4.69, 9.17) is 9.47 Å². The molecule has 1 fully saturated rings. The van der Waals surface area contributed by atoms with Gasteiger partial charge in [-0.1, -0.05) is 37.3 Å². The van der Waals surface area contributed by atoms with E-state index in [1.165, 1.54) is 0 Å². The van der Waals surface area contributed by atoms with Crippen LogP contribution < -0.4 is 0 Å². The van der Waals surface area contributed by atoms with Crippen molar-refractivity contribution in [3.63, 3.8) is 0 Å². The number of benzene rings is 1. The summed E-state index contributed by atoms with van der Waals surface area (Å²) in [6.45, 7) is 3.94. The van der Waals surface area contributed by atoms with E-state index in [-0.39, 0.29) is 17.8 Å². The average Bonchev–Trinajstić information content (AvgIpc) is 2.40. The third-order valence-corrected chi connectivity index (χ3v) is 3.08. The minimum absolute atomic E-state index is 0.0522. The van der Waals surface area contributed by atoms with Crippen molar-refractivity contribution < 1.29 is 14.3 Å². The van der Waals surface area contributed by atoms with Crippen LogP contribution in [0.3, 0.4) is 0 Å². The Morgan fingerprint density at radius 3 is 2.76 bits per heavy atom. The molecule has 0 saturated carbocycles. The van der Waals surface area contributed by atoms with Gasteiger partial charge in [-0.15, -0.1) is 0 Å². The lowest BCUT2D eigenvalue weighted by molar-refractivity contribution is -0.107. The van der Waals surface area contributed by atoms with Gasteiger partial charge in [0.25, 0.3) is 0 Å². The molecule has 1 aliphatic rings. The first-order chi connectivity index (χ1) is 8.27. The molecule has 0 aliphatic carbocycles. The maximum atomic E-state index is 12.0. The zero-order valence-electron chi connectivity index (χ0n) is 10.1. The minimum atomic E-state index is 0.0522. The molecular weight excluding hydrogens is 216 g/mol. The van der Waals surface area contributed by atoms with Crippen molar-refractivity contribution in [2.45, 2.75) is 19.4 Å². The van der Waals surface area contributed by atoms with Crippen LogP contribution in [0, 0.1) is 5.92 Å². The van der Waals surface area contributed by atoms with Gasteiger partial charge < -0.3 is 9.47 Å². The van der Waals surface area contributed by atoms with Crippen LogP contribution in [-0.4, -0.2) is 31.7 Å². The SMILES string of the molecule is CC(CC(=O)c1ccccc1)C1COCCO1. The van der Waals surface area contributed by atoms with Crippen LogP contribution in [0.4, 0.5) is 0 Å². The van der Waals surface area contributed by atoms with Gasteiger partial charge in [0.05, 0.1) is 25.9 Å². The molecule has 1 heterocycles. The fourth-order valence-corrected chi connectivity index (χ4v) is 2.00. The van der Waals surface area contributed by atoms with E-state index in [1.807, 2.05) is 37.3 Å². The number of rotatable bonds is 4. The smallest absolute Gasteiger partial charge is 0.163 e. The summed E-state index contributed by atoms with van der Waals surface area (Å²) in [7, 11) is 0. The monoisotopic (exact) mass is 234 g/mol. The molecule has 1 aromatic rings. The zero-order chi connectivity index (χ0) is 12.1. The standard InChI is InChI=1S/C14H18O3/c1-11(14-10-16-7-8-17-14)9-13(15)12-5-3-2-4-6-12/h2-6,11,14H,7-10H2,1H3. The van der Waals surface area contributed by atoms with E-state index in [0.717, 1.165) is 5.56 Å². The number of carbonyl (C=O) groups is 1. The van der Waals surface area contributed by atoms with Crippen LogP contribution >= 0.6 is 0 Å². The molecule has 0 spiro atoms. The molecule has 1 aliphatic heterocycles. The van der Waals surface area contributed by atoms with E-state index >= 15 is 0 Å². The lowest BCUT2D eigenvalue weighted by Crippen LogP contribution is -2.34. The number of ether oxygens (including phenoxy) is 2. The van der Waals surface area contributed by atoms with Gasteiger partial charge in [0.2, 0.25) is 0 Å². The molecule has 2 atom stereocenters. The Morgan fingerprint density at radius 2 is 2.12 bits per heavy atom. The summed E-state index contributed by atoms with van der Waals surface area (Å²) >= 11 is 0. The van der Waals surface area contributed by atoms with Gasteiger partial charge >= 0.3 is 0 Å². The number of hydrogen-bond donors (Lipinski definition) is 0. The molecule has 0 radical (unpaired) electrons. The maximum Gasteiger partial charge on any atom is 0.163 e. The average molecular weight is 234 g/mol. The number of ketones is 1. The Morgan fingerprint density at radius 1 is 1.35 bits per heavy atom. The van der Waals surface area contributed by atoms with Crippen molar-refractivity contribution in [1.82, 2.24) is 0 Å². The Balaban J connectivity index is 1.89. The second kappa shape index (κ2) is 5.94. The van der Waals surface area contributed by atoms with Gasteiger partial charge in [0, 0.05) is 12.0 Å². The van der Waals surface area contributed by atoms with Gasteiger partial charge in [-0.05, 0) is 5.92 Å². The summed E-state index contributed by atoms with van der Waals surface area (Å²) in [6, 6.07) is 9.40. The lowest BCUT2D eigenvalue weighted by Gasteiger charge is -2.27. The van der Waals surface area contributed by atoms with Crippen molar-refractivity contribution in [3.05, 3.63) is 35.9 Å². The molecule has 92 valence electrons. The quantitative estimate of drug-likeness (QED) is 0.750. The van der Waals surface area contributed by atoms with Crippen LogP contribution in [0.1, 0.15) is 23.7 Å². The highest BCUT2D eigenvalue weighted by Crippen LogP contribution is 2.18. The zero-order valence-corrected chi connectivity index (χ0v) is 10.1. The summed E-state index contributed by atoms with van der Waals surface area (Å²) in [5.41, 5.74) is 0.774. The van der Waals surface area contributed by atoms with E-state index in [9.17, 15) is 4.79 Å². The third-order valence-electron chi connectivity index (χ3n) is 3.08. The predicted octanol–water partition coefficient (Wildman–Crippen LogP) is 2.31. The van der Waals surface area contributed by atoms with Crippen LogP contribution in [-0.2, 0) is 9.47 Å². The highest BCUT2D eigenvalue weighted by atomic mass is 16.6. The van der Waals surface area contributed by atoms with Gasteiger partial charge in [-0.3, -0.25) is 4.79 Å². The summed E-state index contributed by atoms with van der Waals surface area (Å²) in [5, 5.41) is 0. The largest absolute Gasteiger partial charge is 0.376 e. The van der Waals surface area contributed by atoms with Crippen LogP contribution in [0.2, 0.25) is 0 Å². The first-order valence-corrected chi connectivity index (χ1v) is 6.05. The molecular formula is C14H18O3. The number of hydrogen-bond acceptors (Lipinski definition) is 3. The second-order valence-corrected chi connectivity index (χ2v) is 4.45. The Labute approximate surface area is 102 Å². The molecule has 17 heavy (non-hydrogen) atoms. The Hall–Kier alpha value is -1.19. The van der Waals surface area contributed by atoms with E-state index in [1.54, 1.807) is 0 Å². The second-order valence-electron chi connectivity index (χ2n) is 4.45. The summed E-state index contributed by atoms with van der Waals surface area (Å²) in [6.07, 6.45) is 0.564. The van der Waals surface area contributed by atoms with Crippen LogP contribution in [0.5, 0.6) is 0 Å². The molecule has 0 bridgehead atoms. The van der Waals surface area contributed by atoms with Crippen LogP contribution in [0.25, 0.3) is 0 Å². The Bertz CT molecular complexity index is 355. The number of carbonyl (C=O) groups excluding carboxylic acids is 1. The highest BCUT2D eigenvalue weighted by molar-refractivity contribution is 5.96. The Kier molecular flexibility index (Phi) is 4.29. The molecule has 0 N–H and O–H groups in total. The molecule has 2 rings (SSSR count). The summed E-state index contributed by atoms with van der Waals surface area (Å²) < 4.78 is 11.0. The number of Topliss-reactive ketones (excluding diaryl/α,β-unsaturated/α-hetero) is 1. The van der Waals surface area contributed by atoms with Gasteiger partial charge in [-0.2, -0.15) is 0 Å². The van der Waals surface area contributed by atoms with Crippen molar-refractivity contribution in [3.8, 4) is 0 Å². The predicted molar refractivity (Wildman–Crippen MR) is 65.1 cm³/mol. The molecule has 2 unspecified atom stereocenters. The third kappa shape index (κ3) is 3.38. The normalized spacial score (nSPS) is 22.1. The van der Waals surface area contributed by atoms with Gasteiger partial charge in [0.15, 0.2) is 5.78 Å². The fraction of sp³-hybridized carbons (Fsp3) is 0.500. The van der Waals surface area contributed by atoms with Crippen molar-refractivity contribution >= 4 is 5.78 Å². The van der Waals surface area contributed by atoms with Crippen molar-refractivity contribution in [2.75, 3.05) is 19.8 Å². The van der Waals surface area contributed by atoms with Crippen molar-refractivity contribution in [2.24, 2.45) is 5.92 Å². The first kappa shape index (κ1) is 12.3.